The Morgan fingerprint density at radius 2 is 0.787 bits per heavy atom. The summed E-state index contributed by atoms with van der Waals surface area (Å²) in [5.41, 5.74) is 23.9. The first-order valence-corrected chi connectivity index (χ1v) is 32.5. The predicted octanol–water partition coefficient (Wildman–Crippen LogP) is 22.8. The average molecular weight is 1130 g/mol. The first kappa shape index (κ1) is 73.7. The second-order valence-corrected chi connectivity index (χ2v) is 22.3. The molecule has 80 heavy (non-hydrogen) atoms. The SMILES string of the molecule is CCCCCCCCCCCC=Cc1cc(C=CCCCCCCCCCCC)cc(C(=C(CCCCC)C(=C=[N+]=[N-])CCCC)c2cc(CCCCC)cc(CCCCC)c2)c1.OCc1ccccc1.OCc1ccccc1.[Ni]. The van der Waals surface area contributed by atoms with E-state index in [0.29, 0.717) is 0 Å². The minimum absolute atomic E-state index is 0. The van der Waals surface area contributed by atoms with Crippen LogP contribution in [-0.2, 0) is 42.5 Å². The van der Waals surface area contributed by atoms with E-state index in [1.807, 2.05) is 60.7 Å². The Bertz CT molecular complexity index is 2150. The Hall–Kier alpha value is -4.33. The Labute approximate surface area is 502 Å². The first-order chi connectivity index (χ1) is 38.9. The molecule has 0 heterocycles. The molecule has 0 aliphatic carbocycles. The van der Waals surface area contributed by atoms with Crippen LogP contribution < -0.4 is 0 Å². The van der Waals surface area contributed by atoms with E-state index in [1.165, 1.54) is 211 Å². The van der Waals surface area contributed by atoms with Crippen LogP contribution in [-0.4, -0.2) is 20.9 Å². The molecule has 446 valence electrons. The van der Waals surface area contributed by atoms with Crippen LogP contribution in [0.3, 0.4) is 0 Å². The van der Waals surface area contributed by atoms with Gasteiger partial charge in [0.15, 0.2) is 0 Å². The van der Waals surface area contributed by atoms with Gasteiger partial charge in [-0.1, -0.05) is 292 Å². The molecule has 5 heteroatoms. The van der Waals surface area contributed by atoms with E-state index in [2.05, 4.69) is 113 Å². The first-order valence-electron chi connectivity index (χ1n) is 32.5. The maximum atomic E-state index is 10.1. The van der Waals surface area contributed by atoms with Gasteiger partial charge in [0.25, 0.3) is 0 Å². The number of hydrogen-bond acceptors (Lipinski definition) is 2. The summed E-state index contributed by atoms with van der Waals surface area (Å²) in [6, 6.07) is 33.9. The molecule has 0 saturated heterocycles. The quantitative estimate of drug-likeness (QED) is 0.0116. The molecule has 0 saturated carbocycles. The van der Waals surface area contributed by atoms with Gasteiger partial charge >= 0.3 is 5.87 Å². The third-order valence-electron chi connectivity index (χ3n) is 15.0. The fraction of sp³-hybridized carbons (Fsp3) is 0.573. The van der Waals surface area contributed by atoms with Crippen LogP contribution in [0.1, 0.15) is 298 Å². The normalized spacial score (nSPS) is 11.3. The molecule has 0 radical (unpaired) electrons. The van der Waals surface area contributed by atoms with Gasteiger partial charge in [0, 0.05) is 16.5 Å². The summed E-state index contributed by atoms with van der Waals surface area (Å²) in [5.74, 6) is 3.17. The van der Waals surface area contributed by atoms with E-state index in [1.54, 1.807) is 0 Å². The minimum atomic E-state index is 0. The van der Waals surface area contributed by atoms with Crippen molar-refractivity contribution in [2.24, 2.45) is 0 Å². The second kappa shape index (κ2) is 52.7. The van der Waals surface area contributed by atoms with Crippen LogP contribution in [0.2, 0.25) is 0 Å². The van der Waals surface area contributed by atoms with Crippen molar-refractivity contribution in [2.45, 2.75) is 279 Å². The van der Waals surface area contributed by atoms with Gasteiger partial charge in [-0.3, -0.25) is 0 Å². The van der Waals surface area contributed by atoms with Crippen molar-refractivity contribution in [3.05, 3.63) is 170 Å². The fourth-order valence-corrected chi connectivity index (χ4v) is 10.3. The number of rotatable bonds is 42. The monoisotopic (exact) mass is 1130 g/mol. The maximum Gasteiger partial charge on any atom is 0.303 e. The van der Waals surface area contributed by atoms with Crippen molar-refractivity contribution in [3.63, 3.8) is 0 Å². The molecule has 0 unspecified atom stereocenters. The standard InChI is InChI=1S/C61H98N2.2C7H8O.Ni/c1-7-13-19-21-23-25-27-29-31-33-38-42-55-47-56(43-39-34-32-30-28-26-24-22-20-14-8-2)51-59(50-55)61(60(45-37-17-11-5)57(52-63-62)44-18-12-6)58-48-53(40-35-15-9-3)46-54(49-58)41-36-16-10-4;2*8-6-7-4-2-1-3-5-7;/h38-39,42-43,46-51H,7-37,40-41,44-45H2,1-6H3;2*1-5,8H,6H2;. The van der Waals surface area contributed by atoms with Crippen LogP contribution in [0.25, 0.3) is 23.3 Å². The molecule has 0 bridgehead atoms. The van der Waals surface area contributed by atoms with E-state index in [9.17, 15) is 5.53 Å². The van der Waals surface area contributed by atoms with Crippen molar-refractivity contribution in [1.29, 1.82) is 0 Å². The number of allylic oxidation sites excluding steroid dienone is 4. The molecular formula is C75H114N2NiO2. The molecule has 0 aromatic heterocycles. The Morgan fingerprint density at radius 3 is 1.18 bits per heavy atom. The number of aliphatic hydroxyl groups excluding tert-OH is 2. The number of benzene rings is 4. The maximum absolute atomic E-state index is 10.1. The molecule has 4 aromatic carbocycles. The fourth-order valence-electron chi connectivity index (χ4n) is 10.3. The molecule has 0 aliphatic heterocycles. The average Bonchev–Trinajstić information content (AvgIpc) is 3.47. The number of aliphatic hydroxyl groups is 2. The van der Waals surface area contributed by atoms with Crippen LogP contribution >= 0.6 is 0 Å². The zero-order chi connectivity index (χ0) is 57.1. The largest absolute Gasteiger partial charge is 0.392 e. The van der Waals surface area contributed by atoms with Crippen LogP contribution in [0.4, 0.5) is 0 Å². The summed E-state index contributed by atoms with van der Waals surface area (Å²) in [6.45, 7) is 14.1. The number of hydrogen-bond donors (Lipinski definition) is 2. The van der Waals surface area contributed by atoms with Gasteiger partial charge in [0.2, 0.25) is 0 Å². The van der Waals surface area contributed by atoms with E-state index in [0.717, 1.165) is 74.5 Å². The van der Waals surface area contributed by atoms with Gasteiger partial charge in [-0.25, -0.2) is 0 Å². The summed E-state index contributed by atoms with van der Waals surface area (Å²) in [5, 5.41) is 17.1. The van der Waals surface area contributed by atoms with Gasteiger partial charge < -0.3 is 15.7 Å². The molecule has 0 amide bonds. The van der Waals surface area contributed by atoms with Gasteiger partial charge in [-0.2, -0.15) is 0 Å². The van der Waals surface area contributed by atoms with Crippen molar-refractivity contribution in [3.8, 4) is 0 Å². The number of unbranched alkanes of at least 4 members (excludes halogenated alkanes) is 25. The molecule has 0 spiro atoms. The van der Waals surface area contributed by atoms with Crippen molar-refractivity contribution >= 4 is 23.6 Å². The summed E-state index contributed by atoms with van der Waals surface area (Å²) < 4.78 is 0. The van der Waals surface area contributed by atoms with Crippen molar-refractivity contribution in [2.75, 3.05) is 0 Å². The van der Waals surface area contributed by atoms with Gasteiger partial charge in [0.1, 0.15) is 0 Å². The molecule has 0 fully saturated rings. The third kappa shape index (κ3) is 36.2. The zero-order valence-electron chi connectivity index (χ0n) is 51.8. The van der Waals surface area contributed by atoms with Gasteiger partial charge in [-0.05, 0) is 151 Å². The molecule has 0 atom stereocenters. The van der Waals surface area contributed by atoms with Gasteiger partial charge in [0.05, 0.1) is 18.8 Å². The Kier molecular flexibility index (Phi) is 48.6. The molecule has 4 rings (SSSR count). The van der Waals surface area contributed by atoms with Gasteiger partial charge in [-0.15, -0.1) is 4.79 Å². The van der Waals surface area contributed by atoms with Crippen molar-refractivity contribution < 1.29 is 31.5 Å². The Morgan fingerprint density at radius 1 is 0.412 bits per heavy atom. The van der Waals surface area contributed by atoms with Crippen LogP contribution in [0, 0.1) is 0 Å². The third-order valence-corrected chi connectivity index (χ3v) is 15.0. The van der Waals surface area contributed by atoms with Crippen molar-refractivity contribution in [1.82, 2.24) is 0 Å². The topological polar surface area (TPSA) is 76.9 Å². The smallest absolute Gasteiger partial charge is 0.303 e. The zero-order valence-corrected chi connectivity index (χ0v) is 52.8. The molecule has 4 nitrogen and oxygen atoms in total. The summed E-state index contributed by atoms with van der Waals surface area (Å²) in [6.07, 6.45) is 53.6. The van der Waals surface area contributed by atoms with Crippen LogP contribution in [0.15, 0.2) is 120 Å². The predicted molar refractivity (Wildman–Crippen MR) is 348 cm³/mol. The molecule has 4 aromatic rings. The molecule has 0 aliphatic rings. The van der Waals surface area contributed by atoms with Crippen LogP contribution in [0.5, 0.6) is 0 Å². The summed E-state index contributed by atoms with van der Waals surface area (Å²) in [4.78, 5) is 3.62. The van der Waals surface area contributed by atoms with E-state index in [4.69, 9.17) is 10.2 Å². The Balaban J connectivity index is 0.00000159. The second-order valence-electron chi connectivity index (χ2n) is 22.3. The molecule has 2 N–H and O–H groups in total. The molecular weight excluding hydrogens is 1020 g/mol. The van der Waals surface area contributed by atoms with E-state index < -0.39 is 0 Å². The summed E-state index contributed by atoms with van der Waals surface area (Å²) in [7, 11) is 0. The number of nitrogens with zero attached hydrogens (tertiary/aromatic N) is 2. The van der Waals surface area contributed by atoms with E-state index in [-0.39, 0.29) is 29.7 Å². The van der Waals surface area contributed by atoms with E-state index >= 15 is 0 Å². The minimum Gasteiger partial charge on any atom is -0.392 e. The summed E-state index contributed by atoms with van der Waals surface area (Å²) >= 11 is 0. The number of aryl methyl sites for hydroxylation is 2.